The van der Waals surface area contributed by atoms with Gasteiger partial charge in [-0.1, -0.05) is 30.7 Å². The van der Waals surface area contributed by atoms with Gasteiger partial charge in [0.25, 0.3) is 0 Å². The van der Waals surface area contributed by atoms with Crippen LogP contribution in [-0.4, -0.2) is 17.6 Å². The molecule has 3 nitrogen and oxygen atoms in total. The van der Waals surface area contributed by atoms with Gasteiger partial charge in [-0.25, -0.2) is 0 Å². The second-order valence-electron chi connectivity index (χ2n) is 5.47. The maximum Gasteiger partial charge on any atom is 0.0734 e. The summed E-state index contributed by atoms with van der Waals surface area (Å²) in [4.78, 5) is 4.48. The van der Waals surface area contributed by atoms with Crippen LogP contribution in [0.25, 0.3) is 10.9 Å². The van der Waals surface area contributed by atoms with Gasteiger partial charge in [-0.3, -0.25) is 4.98 Å². The largest absolute Gasteiger partial charge is 0.312 e. The second-order valence-corrected chi connectivity index (χ2v) is 5.47. The molecule has 1 aromatic heterocycles. The fourth-order valence-electron chi connectivity index (χ4n) is 3.12. The van der Waals surface area contributed by atoms with Crippen LogP contribution in [0.5, 0.6) is 0 Å². The maximum absolute atomic E-state index is 9.09. The van der Waals surface area contributed by atoms with Gasteiger partial charge in [-0.05, 0) is 37.4 Å². The van der Waals surface area contributed by atoms with Crippen molar-refractivity contribution >= 4 is 10.9 Å². The average Bonchev–Trinajstić information content (AvgIpc) is 2.95. The number of rotatable bonds is 4. The number of para-hydroxylation sites is 1. The van der Waals surface area contributed by atoms with Crippen LogP contribution in [0.2, 0.25) is 0 Å². The molecule has 20 heavy (non-hydrogen) atoms. The molecular formula is C17H19N3. The smallest absolute Gasteiger partial charge is 0.0734 e. The number of nitrogens with one attached hydrogen (secondary N) is 1. The highest BCUT2D eigenvalue weighted by molar-refractivity contribution is 5.81. The van der Waals surface area contributed by atoms with Gasteiger partial charge in [0.2, 0.25) is 0 Å². The van der Waals surface area contributed by atoms with Gasteiger partial charge >= 0.3 is 0 Å². The number of nitriles is 1. The zero-order valence-electron chi connectivity index (χ0n) is 11.5. The predicted molar refractivity (Wildman–Crippen MR) is 80.2 cm³/mol. The van der Waals surface area contributed by atoms with E-state index < -0.39 is 0 Å². The zero-order chi connectivity index (χ0) is 13.8. The third kappa shape index (κ3) is 2.66. The average molecular weight is 265 g/mol. The van der Waals surface area contributed by atoms with Crippen molar-refractivity contribution in [2.24, 2.45) is 5.92 Å². The van der Waals surface area contributed by atoms with Gasteiger partial charge < -0.3 is 5.32 Å². The van der Waals surface area contributed by atoms with Gasteiger partial charge in [-0.2, -0.15) is 5.26 Å². The van der Waals surface area contributed by atoms with Crippen LogP contribution in [0, 0.1) is 17.2 Å². The van der Waals surface area contributed by atoms with E-state index in [4.69, 9.17) is 5.26 Å². The summed E-state index contributed by atoms with van der Waals surface area (Å²) in [5.74, 6) is 0.195. The summed E-state index contributed by atoms with van der Waals surface area (Å²) in [6, 6.07) is 13.2. The van der Waals surface area contributed by atoms with Crippen molar-refractivity contribution in [3.05, 3.63) is 42.1 Å². The maximum atomic E-state index is 9.09. The van der Waals surface area contributed by atoms with Gasteiger partial charge in [0.1, 0.15) is 0 Å². The van der Waals surface area contributed by atoms with Crippen LogP contribution in [0.4, 0.5) is 0 Å². The molecule has 0 aliphatic heterocycles. The van der Waals surface area contributed by atoms with Crippen molar-refractivity contribution in [2.75, 3.05) is 6.54 Å². The molecule has 0 saturated heterocycles. The summed E-state index contributed by atoms with van der Waals surface area (Å²) in [6.07, 6.45) is 6.16. The number of aromatic nitrogens is 1. The fourth-order valence-corrected chi connectivity index (χ4v) is 3.12. The van der Waals surface area contributed by atoms with E-state index >= 15 is 0 Å². The lowest BCUT2D eigenvalue weighted by Crippen LogP contribution is -2.33. The Balaban J connectivity index is 1.64. The molecule has 2 aromatic rings. The molecule has 1 N–H and O–H groups in total. The van der Waals surface area contributed by atoms with E-state index in [0.717, 1.165) is 31.3 Å². The number of nitrogens with zero attached hydrogens (tertiary/aromatic N) is 2. The Morgan fingerprint density at radius 1 is 1.25 bits per heavy atom. The minimum absolute atomic E-state index is 0.195. The molecular weight excluding hydrogens is 246 g/mol. The Bertz CT molecular complexity index is 624. The van der Waals surface area contributed by atoms with E-state index in [9.17, 15) is 0 Å². The monoisotopic (exact) mass is 265 g/mol. The molecule has 3 heteroatoms. The Kier molecular flexibility index (Phi) is 3.94. The number of fused-ring (bicyclic) bond motifs is 1. The molecule has 0 radical (unpaired) electrons. The highest BCUT2D eigenvalue weighted by Crippen LogP contribution is 2.24. The molecule has 2 atom stereocenters. The second kappa shape index (κ2) is 6.02. The molecule has 1 saturated carbocycles. The number of pyridine rings is 1. The first kappa shape index (κ1) is 13.1. The van der Waals surface area contributed by atoms with Crippen LogP contribution in [0.1, 0.15) is 24.8 Å². The van der Waals surface area contributed by atoms with Crippen LogP contribution in [-0.2, 0) is 6.42 Å². The van der Waals surface area contributed by atoms with Crippen molar-refractivity contribution < 1.29 is 0 Å². The van der Waals surface area contributed by atoms with E-state index in [-0.39, 0.29) is 5.92 Å². The van der Waals surface area contributed by atoms with Gasteiger partial charge in [0, 0.05) is 17.6 Å². The number of hydrogen-bond donors (Lipinski definition) is 1. The first-order valence-corrected chi connectivity index (χ1v) is 7.34. The summed E-state index contributed by atoms with van der Waals surface area (Å²) in [7, 11) is 0. The van der Waals surface area contributed by atoms with E-state index in [2.05, 4.69) is 40.6 Å². The van der Waals surface area contributed by atoms with Crippen molar-refractivity contribution in [3.63, 3.8) is 0 Å². The van der Waals surface area contributed by atoms with Gasteiger partial charge in [0.05, 0.1) is 17.5 Å². The first-order valence-electron chi connectivity index (χ1n) is 7.34. The molecule has 1 aliphatic carbocycles. The normalized spacial score (nSPS) is 21.9. The topological polar surface area (TPSA) is 48.7 Å². The molecule has 0 amide bonds. The van der Waals surface area contributed by atoms with Crippen LogP contribution in [0.15, 0.2) is 36.5 Å². The molecule has 0 spiro atoms. The molecule has 3 rings (SSSR count). The molecule has 0 bridgehead atoms. The molecule has 2 unspecified atom stereocenters. The van der Waals surface area contributed by atoms with Crippen molar-refractivity contribution in [2.45, 2.75) is 31.7 Å². The van der Waals surface area contributed by atoms with Crippen molar-refractivity contribution in [1.82, 2.24) is 10.3 Å². The van der Waals surface area contributed by atoms with Crippen LogP contribution < -0.4 is 5.32 Å². The third-order valence-electron chi connectivity index (χ3n) is 4.20. The highest BCUT2D eigenvalue weighted by Gasteiger charge is 2.26. The molecule has 1 aromatic carbocycles. The summed E-state index contributed by atoms with van der Waals surface area (Å²) in [5, 5.41) is 13.8. The van der Waals surface area contributed by atoms with Crippen LogP contribution >= 0.6 is 0 Å². The van der Waals surface area contributed by atoms with E-state index in [1.54, 1.807) is 0 Å². The SMILES string of the molecule is N#CC1CCCC1NCCc1cccc2cccnc12. The Morgan fingerprint density at radius 2 is 2.15 bits per heavy atom. The lowest BCUT2D eigenvalue weighted by atomic mass is 10.0. The number of benzene rings is 1. The minimum atomic E-state index is 0.195. The van der Waals surface area contributed by atoms with Crippen molar-refractivity contribution in [3.8, 4) is 6.07 Å². The van der Waals surface area contributed by atoms with E-state index in [1.165, 1.54) is 17.4 Å². The summed E-state index contributed by atoms with van der Waals surface area (Å²) < 4.78 is 0. The van der Waals surface area contributed by atoms with Crippen molar-refractivity contribution in [1.29, 1.82) is 5.26 Å². The lowest BCUT2D eigenvalue weighted by Gasteiger charge is -2.15. The summed E-state index contributed by atoms with van der Waals surface area (Å²) in [6.45, 7) is 0.915. The molecule has 1 heterocycles. The lowest BCUT2D eigenvalue weighted by molar-refractivity contribution is 0.469. The first-order chi connectivity index (χ1) is 9.88. The Labute approximate surface area is 119 Å². The third-order valence-corrected chi connectivity index (χ3v) is 4.20. The minimum Gasteiger partial charge on any atom is -0.312 e. The van der Waals surface area contributed by atoms with Gasteiger partial charge in [0.15, 0.2) is 0 Å². The predicted octanol–water partition coefficient (Wildman–Crippen LogP) is 3.06. The Hall–Kier alpha value is -1.92. The molecule has 1 aliphatic rings. The standard InChI is InChI=1S/C17H19N3/c18-12-15-6-2-8-16(15)19-11-9-14-5-1-4-13-7-3-10-20-17(13)14/h1,3-5,7,10,15-16,19H,2,6,8-9,11H2. The zero-order valence-corrected chi connectivity index (χ0v) is 11.5. The van der Waals surface area contributed by atoms with Gasteiger partial charge in [-0.15, -0.1) is 0 Å². The molecule has 1 fully saturated rings. The van der Waals surface area contributed by atoms with E-state index in [0.29, 0.717) is 6.04 Å². The Morgan fingerprint density at radius 3 is 3.05 bits per heavy atom. The number of hydrogen-bond acceptors (Lipinski definition) is 3. The molecule has 102 valence electrons. The summed E-state index contributed by atoms with van der Waals surface area (Å²) >= 11 is 0. The van der Waals surface area contributed by atoms with Crippen LogP contribution in [0.3, 0.4) is 0 Å². The summed E-state index contributed by atoms with van der Waals surface area (Å²) in [5.41, 5.74) is 2.38. The highest BCUT2D eigenvalue weighted by atomic mass is 14.9. The quantitative estimate of drug-likeness (QED) is 0.924. The fraction of sp³-hybridized carbons (Fsp3) is 0.412. The van der Waals surface area contributed by atoms with E-state index in [1.807, 2.05) is 12.3 Å².